The molecule has 1 spiro atoms. The van der Waals surface area contributed by atoms with Crippen LogP contribution in [-0.4, -0.2) is 40.6 Å². The number of aryl methyl sites for hydroxylation is 2. The maximum absolute atomic E-state index is 12.6. The number of carbonyl (C=O) groups excluding carboxylic acids is 2. The van der Waals surface area contributed by atoms with Gasteiger partial charge in [-0.1, -0.05) is 15.9 Å². The molecule has 2 heterocycles. The summed E-state index contributed by atoms with van der Waals surface area (Å²) in [6, 6.07) is 3.92. The molecule has 2 aliphatic heterocycles. The molecule has 0 aliphatic carbocycles. The van der Waals surface area contributed by atoms with Crippen molar-refractivity contribution in [3.63, 3.8) is 0 Å². The zero-order valence-electron chi connectivity index (χ0n) is 13.7. The van der Waals surface area contributed by atoms with E-state index in [1.54, 1.807) is 0 Å². The summed E-state index contributed by atoms with van der Waals surface area (Å²) in [6.07, 6.45) is 2.38. The van der Waals surface area contributed by atoms with Crippen molar-refractivity contribution in [2.45, 2.75) is 45.1 Å². The van der Waals surface area contributed by atoms with Crippen molar-refractivity contribution in [2.75, 3.05) is 18.4 Å². The van der Waals surface area contributed by atoms with Gasteiger partial charge < -0.3 is 9.64 Å². The molecule has 0 unspecified atom stereocenters. The number of hydrogen-bond donors (Lipinski definition) is 0. The molecule has 0 saturated carbocycles. The molecule has 1 saturated heterocycles. The van der Waals surface area contributed by atoms with Gasteiger partial charge in [0.2, 0.25) is 5.91 Å². The highest BCUT2D eigenvalue weighted by molar-refractivity contribution is 9.09. The highest BCUT2D eigenvalue weighted by Crippen LogP contribution is 2.40. The molecule has 5 heteroatoms. The second kappa shape index (κ2) is 6.27. The van der Waals surface area contributed by atoms with Crippen molar-refractivity contribution in [1.29, 1.82) is 0 Å². The Morgan fingerprint density at radius 1 is 1.26 bits per heavy atom. The van der Waals surface area contributed by atoms with Gasteiger partial charge in [0.25, 0.3) is 0 Å². The summed E-state index contributed by atoms with van der Waals surface area (Å²) in [6.45, 7) is 5.38. The fraction of sp³-hybridized carbons (Fsp3) is 0.556. The molecular weight excluding hydrogens is 358 g/mol. The van der Waals surface area contributed by atoms with Crippen LogP contribution in [0, 0.1) is 13.8 Å². The highest BCUT2D eigenvalue weighted by atomic mass is 79.9. The molecule has 1 aromatic carbocycles. The first-order valence-corrected chi connectivity index (χ1v) is 9.23. The van der Waals surface area contributed by atoms with Gasteiger partial charge in [0.05, 0.1) is 12.0 Å². The van der Waals surface area contributed by atoms with Crippen LogP contribution in [0.3, 0.4) is 0 Å². The molecule has 23 heavy (non-hydrogen) atoms. The Balaban J connectivity index is 1.77. The number of Topliss-reactive ketones (excluding diaryl/α,β-unsaturated/α-hetero) is 1. The molecule has 124 valence electrons. The number of nitrogens with zero attached hydrogens (tertiary/aromatic N) is 1. The van der Waals surface area contributed by atoms with Crippen LogP contribution in [0.2, 0.25) is 0 Å². The molecule has 0 aromatic heterocycles. The van der Waals surface area contributed by atoms with E-state index in [-0.39, 0.29) is 11.7 Å². The SMILES string of the molecule is Cc1cc2c(cc1C)C(=O)CC1(CCN(C(=O)CCBr)CC1)O2. The summed E-state index contributed by atoms with van der Waals surface area (Å²) in [5.74, 6) is 1.05. The lowest BCUT2D eigenvalue weighted by atomic mass is 9.82. The number of likely N-dealkylation sites (tertiary alicyclic amines) is 1. The van der Waals surface area contributed by atoms with E-state index in [0.29, 0.717) is 42.6 Å². The second-order valence-electron chi connectivity index (χ2n) is 6.64. The molecule has 0 N–H and O–H groups in total. The Labute approximate surface area is 145 Å². The predicted molar refractivity (Wildman–Crippen MR) is 92.4 cm³/mol. The number of benzene rings is 1. The third-order valence-electron chi connectivity index (χ3n) is 5.04. The molecule has 1 amide bonds. The first kappa shape index (κ1) is 16.5. The Bertz CT molecular complexity index is 648. The zero-order valence-corrected chi connectivity index (χ0v) is 15.2. The lowest BCUT2D eigenvalue weighted by molar-refractivity contribution is -0.134. The maximum Gasteiger partial charge on any atom is 0.223 e. The number of hydrogen-bond acceptors (Lipinski definition) is 3. The Kier molecular flexibility index (Phi) is 4.50. The fourth-order valence-electron chi connectivity index (χ4n) is 3.43. The van der Waals surface area contributed by atoms with Gasteiger partial charge in [0.1, 0.15) is 11.4 Å². The molecule has 1 aromatic rings. The van der Waals surface area contributed by atoms with E-state index >= 15 is 0 Å². The average molecular weight is 380 g/mol. The van der Waals surface area contributed by atoms with Crippen molar-refractivity contribution in [3.8, 4) is 5.75 Å². The summed E-state index contributed by atoms with van der Waals surface area (Å²) in [5, 5.41) is 0.689. The van der Waals surface area contributed by atoms with Gasteiger partial charge in [-0.2, -0.15) is 0 Å². The van der Waals surface area contributed by atoms with E-state index in [1.165, 1.54) is 0 Å². The molecule has 2 aliphatic rings. The molecule has 0 atom stereocenters. The predicted octanol–water partition coefficient (Wildman–Crippen LogP) is 3.41. The van der Waals surface area contributed by atoms with Crippen LogP contribution < -0.4 is 4.74 Å². The van der Waals surface area contributed by atoms with Gasteiger partial charge in [-0.25, -0.2) is 0 Å². The monoisotopic (exact) mass is 379 g/mol. The lowest BCUT2D eigenvalue weighted by Crippen LogP contribution is -2.52. The number of alkyl halides is 1. The van der Waals surface area contributed by atoms with Crippen LogP contribution in [0.5, 0.6) is 5.75 Å². The second-order valence-corrected chi connectivity index (χ2v) is 7.43. The van der Waals surface area contributed by atoms with Gasteiger partial charge in [0.15, 0.2) is 5.78 Å². The topological polar surface area (TPSA) is 46.6 Å². The average Bonchev–Trinajstić information content (AvgIpc) is 2.50. The van der Waals surface area contributed by atoms with Gasteiger partial charge in [0, 0.05) is 37.7 Å². The Morgan fingerprint density at radius 2 is 1.91 bits per heavy atom. The van der Waals surface area contributed by atoms with Crippen LogP contribution in [0.4, 0.5) is 0 Å². The van der Waals surface area contributed by atoms with Gasteiger partial charge in [-0.3, -0.25) is 9.59 Å². The number of amides is 1. The molecule has 3 rings (SSSR count). The van der Waals surface area contributed by atoms with Gasteiger partial charge in [-0.15, -0.1) is 0 Å². The van der Waals surface area contributed by atoms with E-state index < -0.39 is 5.60 Å². The number of rotatable bonds is 2. The van der Waals surface area contributed by atoms with E-state index in [1.807, 2.05) is 30.9 Å². The number of fused-ring (bicyclic) bond motifs is 1. The van der Waals surface area contributed by atoms with Crippen molar-refractivity contribution in [3.05, 3.63) is 28.8 Å². The largest absolute Gasteiger partial charge is 0.486 e. The number of carbonyl (C=O) groups is 2. The molecule has 0 bridgehead atoms. The minimum atomic E-state index is -0.434. The minimum Gasteiger partial charge on any atom is -0.486 e. The van der Waals surface area contributed by atoms with Crippen LogP contribution in [0.1, 0.15) is 47.2 Å². The third kappa shape index (κ3) is 3.16. The Morgan fingerprint density at radius 3 is 2.57 bits per heavy atom. The van der Waals surface area contributed by atoms with E-state index in [9.17, 15) is 9.59 Å². The summed E-state index contributed by atoms with van der Waals surface area (Å²) in [4.78, 5) is 26.5. The fourth-order valence-corrected chi connectivity index (χ4v) is 3.77. The van der Waals surface area contributed by atoms with E-state index in [2.05, 4.69) is 15.9 Å². The normalized spacial score (nSPS) is 19.4. The molecule has 0 radical (unpaired) electrons. The number of ether oxygens (including phenoxy) is 1. The van der Waals surface area contributed by atoms with Crippen LogP contribution in [0.15, 0.2) is 12.1 Å². The molecular formula is C18H22BrNO3. The molecule has 1 fully saturated rings. The standard InChI is InChI=1S/C18H22BrNO3/c1-12-9-14-15(21)11-18(23-16(14)10-13(12)2)4-7-20(8-5-18)17(22)3-6-19/h9-10H,3-8,11H2,1-2H3. The lowest BCUT2D eigenvalue weighted by Gasteiger charge is -2.44. The first-order valence-electron chi connectivity index (χ1n) is 8.11. The Hall–Kier alpha value is -1.36. The number of ketones is 1. The zero-order chi connectivity index (χ0) is 16.6. The maximum atomic E-state index is 12.6. The number of halogens is 1. The van der Waals surface area contributed by atoms with Crippen LogP contribution in [0.25, 0.3) is 0 Å². The van der Waals surface area contributed by atoms with Crippen molar-refractivity contribution in [2.24, 2.45) is 0 Å². The summed E-state index contributed by atoms with van der Waals surface area (Å²) in [5.41, 5.74) is 2.53. The van der Waals surface area contributed by atoms with Crippen LogP contribution >= 0.6 is 15.9 Å². The first-order chi connectivity index (χ1) is 10.9. The number of piperidine rings is 1. The molecule has 4 nitrogen and oxygen atoms in total. The van der Waals surface area contributed by atoms with E-state index in [4.69, 9.17) is 4.74 Å². The highest BCUT2D eigenvalue weighted by Gasteiger charge is 2.43. The quantitative estimate of drug-likeness (QED) is 0.739. The summed E-state index contributed by atoms with van der Waals surface area (Å²) >= 11 is 3.31. The van der Waals surface area contributed by atoms with Gasteiger partial charge >= 0.3 is 0 Å². The minimum absolute atomic E-state index is 0.162. The van der Waals surface area contributed by atoms with Crippen molar-refractivity contribution in [1.82, 2.24) is 4.90 Å². The van der Waals surface area contributed by atoms with E-state index in [0.717, 1.165) is 24.0 Å². The smallest absolute Gasteiger partial charge is 0.223 e. The summed E-state index contributed by atoms with van der Waals surface area (Å²) in [7, 11) is 0. The van der Waals surface area contributed by atoms with Crippen LogP contribution in [-0.2, 0) is 4.79 Å². The third-order valence-corrected chi connectivity index (χ3v) is 5.44. The van der Waals surface area contributed by atoms with Crippen molar-refractivity contribution >= 4 is 27.6 Å². The van der Waals surface area contributed by atoms with Gasteiger partial charge in [-0.05, 0) is 37.1 Å². The summed E-state index contributed by atoms with van der Waals surface area (Å²) < 4.78 is 6.29. The van der Waals surface area contributed by atoms with Crippen molar-refractivity contribution < 1.29 is 14.3 Å².